The molecule has 0 unspecified atom stereocenters. The maximum Gasteiger partial charge on any atom is 0.165 e. The molecule has 3 heterocycles. The van der Waals surface area contributed by atoms with E-state index in [1.807, 2.05) is 31.2 Å². The fraction of sp³-hybridized carbons (Fsp3) is 0.333. The molecule has 1 N–H and O–H groups in total. The van der Waals surface area contributed by atoms with E-state index in [4.69, 9.17) is 19.7 Å². The smallest absolute Gasteiger partial charge is 0.165 e. The van der Waals surface area contributed by atoms with Crippen LogP contribution in [0.4, 0.5) is 11.5 Å². The molecule has 6 heteroatoms. The number of hydrogen-bond acceptors (Lipinski definition) is 6. The second-order valence-corrected chi connectivity index (χ2v) is 9.04. The molecule has 6 nitrogen and oxygen atoms in total. The molecule has 33 heavy (non-hydrogen) atoms. The highest BCUT2D eigenvalue weighted by Gasteiger charge is 2.13. The number of nitrogens with zero attached hydrogens (tertiary/aromatic N) is 4. The van der Waals surface area contributed by atoms with Gasteiger partial charge in [-0.25, -0.2) is 15.0 Å². The van der Waals surface area contributed by atoms with Crippen molar-refractivity contribution < 1.29 is 4.74 Å². The van der Waals surface area contributed by atoms with Crippen LogP contribution < -0.4 is 5.32 Å². The molecule has 4 rings (SSSR count). The van der Waals surface area contributed by atoms with E-state index in [0.29, 0.717) is 36.5 Å². The molecule has 0 aliphatic carbocycles. The summed E-state index contributed by atoms with van der Waals surface area (Å²) in [6.07, 6.45) is 1.78. The molecular weight excluding hydrogens is 410 g/mol. The monoisotopic (exact) mass is 441 g/mol. The third-order valence-electron chi connectivity index (χ3n) is 5.38. The predicted octanol–water partition coefficient (Wildman–Crippen LogP) is 6.43. The fourth-order valence-corrected chi connectivity index (χ4v) is 3.57. The average Bonchev–Trinajstić information content (AvgIpc) is 2.79. The van der Waals surface area contributed by atoms with Crippen LogP contribution in [-0.4, -0.2) is 26.5 Å². The number of rotatable bonds is 8. The van der Waals surface area contributed by atoms with E-state index < -0.39 is 0 Å². The first-order valence-corrected chi connectivity index (χ1v) is 11.4. The zero-order valence-electron chi connectivity index (χ0n) is 20.0. The third kappa shape index (κ3) is 5.52. The van der Waals surface area contributed by atoms with Crippen molar-refractivity contribution >= 4 is 22.5 Å². The van der Waals surface area contributed by atoms with Crippen LogP contribution in [-0.2, 0) is 11.3 Å². The van der Waals surface area contributed by atoms with Crippen LogP contribution in [0.15, 0.2) is 54.7 Å². The summed E-state index contributed by atoms with van der Waals surface area (Å²) in [5.41, 5.74) is 5.61. The highest BCUT2D eigenvalue weighted by molar-refractivity contribution is 5.90. The van der Waals surface area contributed by atoms with E-state index in [1.54, 1.807) is 6.20 Å². The van der Waals surface area contributed by atoms with Crippen molar-refractivity contribution in [2.45, 2.75) is 47.1 Å². The van der Waals surface area contributed by atoms with Gasteiger partial charge in [0.2, 0.25) is 0 Å². The molecule has 0 radical (unpaired) electrons. The van der Waals surface area contributed by atoms with Gasteiger partial charge in [-0.15, -0.1) is 0 Å². The van der Waals surface area contributed by atoms with Gasteiger partial charge < -0.3 is 10.1 Å². The van der Waals surface area contributed by atoms with Gasteiger partial charge in [0.15, 0.2) is 11.5 Å². The molecule has 0 aliphatic heterocycles. The van der Waals surface area contributed by atoms with Gasteiger partial charge in [0.1, 0.15) is 12.4 Å². The summed E-state index contributed by atoms with van der Waals surface area (Å²) in [5, 5.41) is 4.32. The van der Waals surface area contributed by atoms with Crippen molar-refractivity contribution in [3.8, 4) is 11.4 Å². The highest BCUT2D eigenvalue weighted by atomic mass is 16.5. The van der Waals surface area contributed by atoms with Crippen molar-refractivity contribution in [3.05, 3.63) is 71.7 Å². The van der Waals surface area contributed by atoms with Gasteiger partial charge in [0, 0.05) is 18.5 Å². The van der Waals surface area contributed by atoms with E-state index in [0.717, 1.165) is 33.8 Å². The van der Waals surface area contributed by atoms with E-state index in [1.165, 1.54) is 5.56 Å². The van der Waals surface area contributed by atoms with Crippen molar-refractivity contribution in [1.82, 2.24) is 19.9 Å². The Morgan fingerprint density at radius 3 is 2.39 bits per heavy atom. The van der Waals surface area contributed by atoms with Crippen LogP contribution in [0, 0.1) is 12.8 Å². The Labute approximate surface area is 195 Å². The minimum absolute atomic E-state index is 0.337. The molecule has 0 saturated carbocycles. The summed E-state index contributed by atoms with van der Waals surface area (Å²) in [7, 11) is 0. The van der Waals surface area contributed by atoms with Gasteiger partial charge in [0.05, 0.1) is 16.8 Å². The van der Waals surface area contributed by atoms with Crippen molar-refractivity contribution in [1.29, 1.82) is 0 Å². The van der Waals surface area contributed by atoms with Crippen LogP contribution >= 0.6 is 0 Å². The molecule has 0 saturated heterocycles. The highest BCUT2D eigenvalue weighted by Crippen LogP contribution is 2.27. The summed E-state index contributed by atoms with van der Waals surface area (Å²) in [4.78, 5) is 18.8. The molecule has 0 fully saturated rings. The molecule has 170 valence electrons. The van der Waals surface area contributed by atoms with Gasteiger partial charge in [0.25, 0.3) is 0 Å². The second-order valence-electron chi connectivity index (χ2n) is 9.04. The lowest BCUT2D eigenvalue weighted by atomic mass is 10.0. The maximum atomic E-state index is 5.82. The Bertz CT molecular complexity index is 1240. The molecule has 1 aromatic carbocycles. The first-order valence-electron chi connectivity index (χ1n) is 11.4. The Morgan fingerprint density at radius 1 is 0.909 bits per heavy atom. The van der Waals surface area contributed by atoms with E-state index >= 15 is 0 Å². The first kappa shape index (κ1) is 22.8. The number of pyridine rings is 2. The van der Waals surface area contributed by atoms with E-state index in [-0.39, 0.29) is 0 Å². The summed E-state index contributed by atoms with van der Waals surface area (Å²) < 4.78 is 5.82. The SMILES string of the molecule is Cc1cccnc1-c1ccc2c(Nc3ccc(C(C)C)cc3)nc(COCC(C)C)nc2n1. The lowest BCUT2D eigenvalue weighted by molar-refractivity contribution is 0.0925. The van der Waals surface area contributed by atoms with Crippen molar-refractivity contribution in [3.63, 3.8) is 0 Å². The maximum absolute atomic E-state index is 5.82. The minimum Gasteiger partial charge on any atom is -0.373 e. The van der Waals surface area contributed by atoms with Crippen LogP contribution in [0.2, 0.25) is 0 Å². The quantitative estimate of drug-likeness (QED) is 0.339. The number of anilines is 2. The van der Waals surface area contributed by atoms with Crippen molar-refractivity contribution in [2.75, 3.05) is 11.9 Å². The molecule has 0 atom stereocenters. The number of aromatic nitrogens is 4. The van der Waals surface area contributed by atoms with Crippen LogP contribution in [0.5, 0.6) is 0 Å². The normalized spacial score (nSPS) is 11.5. The molecule has 0 aliphatic rings. The number of nitrogens with one attached hydrogen (secondary N) is 1. The Kier molecular flexibility index (Phi) is 6.94. The summed E-state index contributed by atoms with van der Waals surface area (Å²) in [6.45, 7) is 11.7. The molecule has 4 aromatic rings. The fourth-order valence-electron chi connectivity index (χ4n) is 3.57. The molecule has 0 amide bonds. The Hall–Kier alpha value is -3.38. The molecule has 0 bridgehead atoms. The lowest BCUT2D eigenvalue weighted by Crippen LogP contribution is -2.07. The van der Waals surface area contributed by atoms with E-state index in [9.17, 15) is 0 Å². The topological polar surface area (TPSA) is 72.8 Å². The number of aryl methyl sites for hydroxylation is 1. The number of fused-ring (bicyclic) bond motifs is 1. The summed E-state index contributed by atoms with van der Waals surface area (Å²) in [5.74, 6) is 2.25. The minimum atomic E-state index is 0.337. The molecular formula is C27H31N5O. The van der Waals surface area contributed by atoms with Gasteiger partial charge in [-0.05, 0) is 60.2 Å². The van der Waals surface area contributed by atoms with Crippen LogP contribution in [0.3, 0.4) is 0 Å². The van der Waals surface area contributed by atoms with E-state index in [2.05, 4.69) is 62.3 Å². The number of benzene rings is 1. The van der Waals surface area contributed by atoms with Crippen LogP contribution in [0.1, 0.15) is 50.6 Å². The Balaban J connectivity index is 1.73. The van der Waals surface area contributed by atoms with Gasteiger partial charge >= 0.3 is 0 Å². The standard InChI is InChI=1S/C27H31N5O/c1-17(2)15-33-16-24-31-26(29-21-10-8-20(9-11-21)18(3)4)22-12-13-23(30-27(22)32-24)25-19(5)7-6-14-28-25/h6-14,17-18H,15-16H2,1-5H3,(H,29,30,31,32). The van der Waals surface area contributed by atoms with Crippen molar-refractivity contribution in [2.24, 2.45) is 5.92 Å². The molecule has 0 spiro atoms. The lowest BCUT2D eigenvalue weighted by Gasteiger charge is -2.13. The second kappa shape index (κ2) is 10.0. The summed E-state index contributed by atoms with van der Waals surface area (Å²) >= 11 is 0. The van der Waals surface area contributed by atoms with Gasteiger partial charge in [-0.3, -0.25) is 4.98 Å². The predicted molar refractivity (Wildman–Crippen MR) is 134 cm³/mol. The summed E-state index contributed by atoms with van der Waals surface area (Å²) in [6, 6.07) is 16.4. The van der Waals surface area contributed by atoms with Gasteiger partial charge in [-0.2, -0.15) is 0 Å². The Morgan fingerprint density at radius 2 is 1.70 bits per heavy atom. The van der Waals surface area contributed by atoms with Crippen LogP contribution in [0.25, 0.3) is 22.4 Å². The average molecular weight is 442 g/mol. The first-order chi connectivity index (χ1) is 15.9. The number of hydrogen-bond donors (Lipinski definition) is 1. The largest absolute Gasteiger partial charge is 0.373 e. The zero-order valence-corrected chi connectivity index (χ0v) is 20.0. The molecule has 3 aromatic heterocycles. The zero-order chi connectivity index (χ0) is 23.4. The number of ether oxygens (including phenoxy) is 1. The third-order valence-corrected chi connectivity index (χ3v) is 5.38. The van der Waals surface area contributed by atoms with Gasteiger partial charge in [-0.1, -0.05) is 45.9 Å².